The molecule has 29 heavy (non-hydrogen) atoms. The number of hydrogen-bond acceptors (Lipinski definition) is 0. The Balaban J connectivity index is 0.00000120. The van der Waals surface area contributed by atoms with Crippen LogP contribution in [0, 0.1) is 0 Å². The Morgan fingerprint density at radius 3 is 1.55 bits per heavy atom. The second-order valence-electron chi connectivity index (χ2n) is 8.58. The monoisotopic (exact) mass is 500 g/mol. The topological polar surface area (TPSA) is 0 Å². The first-order chi connectivity index (χ1) is 13.2. The third-order valence-corrected chi connectivity index (χ3v) is 14.5. The second kappa shape index (κ2) is 8.86. The van der Waals surface area contributed by atoms with Crippen LogP contribution in [0.25, 0.3) is 12.2 Å². The molecule has 0 bridgehead atoms. The van der Waals surface area contributed by atoms with E-state index in [9.17, 15) is 0 Å². The smallest absolute Gasteiger partial charge is 1.00 e. The van der Waals surface area contributed by atoms with Gasteiger partial charge in [-0.2, -0.15) is 0 Å². The predicted octanol–water partition coefficient (Wildman–Crippen LogP) is 1.63. The summed E-state index contributed by atoms with van der Waals surface area (Å²) in [6, 6.07) is 18.3. The fourth-order valence-corrected chi connectivity index (χ4v) is 12.5. The zero-order chi connectivity index (χ0) is 18.5. The van der Waals surface area contributed by atoms with Crippen LogP contribution in [0.5, 0.6) is 0 Å². The van der Waals surface area contributed by atoms with Crippen LogP contribution in [0.4, 0.5) is 0 Å². The van der Waals surface area contributed by atoms with E-state index in [0.717, 1.165) is 0 Å². The molecule has 2 aromatic carbocycles. The molecular formula is C26H28Cl2Zr. The maximum Gasteiger partial charge on any atom is -1.00 e. The van der Waals surface area contributed by atoms with E-state index in [4.69, 9.17) is 0 Å². The number of benzene rings is 2. The molecule has 4 unspecified atom stereocenters. The Morgan fingerprint density at radius 2 is 1.14 bits per heavy atom. The van der Waals surface area contributed by atoms with Crippen LogP contribution in [0.15, 0.2) is 60.7 Å². The summed E-state index contributed by atoms with van der Waals surface area (Å²) in [5, 5.41) is 0. The molecular weight excluding hydrogens is 474 g/mol. The molecule has 4 atom stereocenters. The summed E-state index contributed by atoms with van der Waals surface area (Å²) in [5.74, 6) is 1.33. The molecule has 1 aliphatic heterocycles. The summed E-state index contributed by atoms with van der Waals surface area (Å²) in [5.41, 5.74) is 6.15. The molecule has 0 spiro atoms. The van der Waals surface area contributed by atoms with Gasteiger partial charge >= 0.3 is 176 Å². The molecule has 1 saturated heterocycles. The minimum atomic E-state index is -0.648. The number of hydrogen-bond donors (Lipinski definition) is 0. The number of rotatable bonds is 4. The van der Waals surface area contributed by atoms with Crippen molar-refractivity contribution >= 4 is 12.2 Å². The third kappa shape index (κ3) is 3.56. The van der Waals surface area contributed by atoms with Gasteiger partial charge in [-0.25, -0.2) is 0 Å². The maximum atomic E-state index is 2.55. The van der Waals surface area contributed by atoms with Crippen molar-refractivity contribution in [2.75, 3.05) is 0 Å². The molecule has 1 heterocycles. The van der Waals surface area contributed by atoms with E-state index in [0.29, 0.717) is 18.1 Å². The molecule has 2 aliphatic carbocycles. The van der Waals surface area contributed by atoms with Gasteiger partial charge in [-0.1, -0.05) is 0 Å². The quantitative estimate of drug-likeness (QED) is 0.597. The zero-order valence-electron chi connectivity index (χ0n) is 17.2. The first-order valence-electron chi connectivity index (χ1n) is 10.5. The van der Waals surface area contributed by atoms with Crippen molar-refractivity contribution in [1.29, 1.82) is 0 Å². The first-order valence-corrected chi connectivity index (χ1v) is 13.0. The van der Waals surface area contributed by atoms with Gasteiger partial charge in [-0.3, -0.25) is 0 Å². The predicted molar refractivity (Wildman–Crippen MR) is 112 cm³/mol. The van der Waals surface area contributed by atoms with Crippen LogP contribution in [-0.2, 0) is 23.2 Å². The van der Waals surface area contributed by atoms with Crippen LogP contribution >= 0.6 is 0 Å². The Kier molecular flexibility index (Phi) is 7.04. The summed E-state index contributed by atoms with van der Waals surface area (Å²) in [6.07, 6.45) is 15.5. The van der Waals surface area contributed by atoms with E-state index in [-0.39, 0.29) is 24.8 Å². The molecule has 3 heteroatoms. The van der Waals surface area contributed by atoms with E-state index in [2.05, 4.69) is 86.7 Å². The summed E-state index contributed by atoms with van der Waals surface area (Å²) in [4.78, 5) is 0. The van der Waals surface area contributed by atoms with Crippen molar-refractivity contribution in [3.05, 3.63) is 82.9 Å². The Morgan fingerprint density at radius 1 is 0.724 bits per heavy atom. The molecule has 2 aromatic rings. The summed E-state index contributed by atoms with van der Waals surface area (Å²) in [6.45, 7) is 4.94. The Bertz CT molecular complexity index is 858. The van der Waals surface area contributed by atoms with Gasteiger partial charge in [0.1, 0.15) is 0 Å². The van der Waals surface area contributed by atoms with Gasteiger partial charge in [-0.15, -0.1) is 0 Å². The first kappa shape index (κ1) is 23.1. The van der Waals surface area contributed by atoms with Crippen molar-refractivity contribution in [2.45, 2.75) is 57.6 Å². The summed E-state index contributed by atoms with van der Waals surface area (Å²) in [7, 11) is 0. The molecule has 0 saturated carbocycles. The van der Waals surface area contributed by atoms with Crippen LogP contribution in [0.1, 0.15) is 73.6 Å². The van der Waals surface area contributed by atoms with Gasteiger partial charge in [0.15, 0.2) is 0 Å². The van der Waals surface area contributed by atoms with Gasteiger partial charge in [0.05, 0.1) is 0 Å². The van der Waals surface area contributed by atoms with Crippen molar-refractivity contribution in [3.8, 4) is 0 Å². The molecule has 0 nitrogen and oxygen atoms in total. The zero-order valence-corrected chi connectivity index (χ0v) is 21.1. The van der Waals surface area contributed by atoms with Crippen molar-refractivity contribution in [1.82, 2.24) is 0 Å². The van der Waals surface area contributed by atoms with Crippen LogP contribution in [0.2, 0.25) is 6.25 Å². The summed E-state index contributed by atoms with van der Waals surface area (Å²) < 4.78 is 1.15. The van der Waals surface area contributed by atoms with E-state index in [1.807, 2.05) is 0 Å². The van der Waals surface area contributed by atoms with E-state index in [1.165, 1.54) is 36.8 Å². The molecule has 0 amide bonds. The second-order valence-corrected chi connectivity index (χ2v) is 14.1. The van der Waals surface area contributed by atoms with Crippen LogP contribution < -0.4 is 24.8 Å². The standard InChI is InChI=1S/C26H28.2ClH.Zr/c1-3-19(25-17-15-21-9-5-7-11-23(21)25)13-14-20(4-2)26-18-16-22-10-6-8-12-24(22)26;;;/h5-12,15-18,25-26H,3-4,13-14H2,1-2H3;2*1H;/q;;;+2/p-2. The van der Waals surface area contributed by atoms with E-state index in [1.54, 1.807) is 11.1 Å². The largest absolute Gasteiger partial charge is 1.00 e. The van der Waals surface area contributed by atoms with Gasteiger partial charge in [0.25, 0.3) is 0 Å². The Hall–Kier alpha value is -0.617. The fourth-order valence-electron chi connectivity index (χ4n) is 5.97. The molecule has 150 valence electrons. The van der Waals surface area contributed by atoms with Gasteiger partial charge in [0.2, 0.25) is 0 Å². The maximum absolute atomic E-state index is 2.55. The third-order valence-electron chi connectivity index (χ3n) is 7.57. The molecule has 0 aromatic heterocycles. The molecule has 1 fully saturated rings. The average molecular weight is 503 g/mol. The average Bonchev–Trinajstić information content (AvgIpc) is 3.43. The normalized spacial score (nSPS) is 30.6. The number of halogens is 2. The molecule has 0 radical (unpaired) electrons. The van der Waals surface area contributed by atoms with Crippen molar-refractivity contribution in [3.63, 3.8) is 0 Å². The van der Waals surface area contributed by atoms with E-state index < -0.39 is 23.2 Å². The van der Waals surface area contributed by atoms with Gasteiger partial charge in [0, 0.05) is 0 Å². The van der Waals surface area contributed by atoms with Crippen LogP contribution in [0.3, 0.4) is 0 Å². The van der Waals surface area contributed by atoms with Crippen molar-refractivity contribution < 1.29 is 48.0 Å². The number of allylic oxidation sites excluding steroid dienone is 2. The van der Waals surface area contributed by atoms with Gasteiger partial charge < -0.3 is 24.8 Å². The van der Waals surface area contributed by atoms with E-state index >= 15 is 0 Å². The van der Waals surface area contributed by atoms with Crippen LogP contribution in [-0.4, -0.2) is 0 Å². The number of fused-ring (bicyclic) bond motifs is 2. The molecule has 5 rings (SSSR count). The molecule has 0 N–H and O–H groups in total. The Labute approximate surface area is 199 Å². The fraction of sp³-hybridized carbons (Fsp3) is 0.385. The molecule has 3 aliphatic rings. The minimum Gasteiger partial charge on any atom is -1.00 e. The van der Waals surface area contributed by atoms with Crippen molar-refractivity contribution in [2.24, 2.45) is 0 Å². The van der Waals surface area contributed by atoms with Gasteiger partial charge in [-0.05, 0) is 0 Å². The SMILES string of the molecule is CC[C]1(C2C=Cc3ccccc32)CC[C](CC)(C2C=Cc3ccccc32)[Zr+2]1.[Cl-].[Cl-]. The summed E-state index contributed by atoms with van der Waals surface area (Å²) >= 11 is -0.648. The minimum absolute atomic E-state index is 0.